The molecule has 76 valence electrons. The number of rotatable bonds is 3. The molecule has 0 heterocycles. The van der Waals surface area contributed by atoms with Gasteiger partial charge in [0.25, 0.3) is 0 Å². The van der Waals surface area contributed by atoms with Gasteiger partial charge in [-0.3, -0.25) is 4.79 Å². The van der Waals surface area contributed by atoms with Crippen LogP contribution in [0.25, 0.3) is 0 Å². The van der Waals surface area contributed by atoms with Crippen molar-refractivity contribution in [3.8, 4) is 0 Å². The largest absolute Gasteiger partial charge is 0.469 e. The first-order chi connectivity index (χ1) is 6.65. The lowest BCUT2D eigenvalue weighted by atomic mass is 9.97. The maximum Gasteiger partial charge on any atom is 0.306 e. The molecule has 1 aromatic rings. The Balaban J connectivity index is 2.74. The van der Waals surface area contributed by atoms with E-state index in [4.69, 9.17) is 0 Å². The minimum absolute atomic E-state index is 0.149. The Morgan fingerprint density at radius 2 is 2.14 bits per heavy atom. The fourth-order valence-electron chi connectivity index (χ4n) is 1.32. The summed E-state index contributed by atoms with van der Waals surface area (Å²) in [4.78, 5) is 11.0. The first kappa shape index (κ1) is 10.7. The van der Waals surface area contributed by atoms with E-state index in [9.17, 15) is 9.18 Å². The molecule has 0 saturated carbocycles. The van der Waals surface area contributed by atoms with Crippen molar-refractivity contribution in [3.63, 3.8) is 0 Å². The fraction of sp³-hybridized carbons (Fsp3) is 0.364. The number of hydrogen-bond acceptors (Lipinski definition) is 2. The molecule has 0 aliphatic rings. The van der Waals surface area contributed by atoms with E-state index in [1.165, 1.54) is 13.2 Å². The van der Waals surface area contributed by atoms with Crippen LogP contribution in [-0.4, -0.2) is 13.1 Å². The standard InChI is InChI=1S/C11H13FO2/c1-8(7-11(13)14-2)9-5-3-4-6-10(9)12/h3-6,8H,7H2,1-2H3. The third-order valence-corrected chi connectivity index (χ3v) is 2.14. The second-order valence-corrected chi connectivity index (χ2v) is 3.20. The van der Waals surface area contributed by atoms with Crippen LogP contribution in [0.2, 0.25) is 0 Å². The highest BCUT2D eigenvalue weighted by atomic mass is 19.1. The van der Waals surface area contributed by atoms with Gasteiger partial charge in [-0.25, -0.2) is 4.39 Å². The van der Waals surface area contributed by atoms with Gasteiger partial charge in [0, 0.05) is 0 Å². The van der Waals surface area contributed by atoms with Crippen LogP contribution in [0.1, 0.15) is 24.8 Å². The SMILES string of the molecule is COC(=O)CC(C)c1ccccc1F. The van der Waals surface area contributed by atoms with E-state index in [1.54, 1.807) is 25.1 Å². The lowest BCUT2D eigenvalue weighted by molar-refractivity contribution is -0.140. The molecular weight excluding hydrogens is 183 g/mol. The number of benzene rings is 1. The van der Waals surface area contributed by atoms with Crippen LogP contribution in [0.15, 0.2) is 24.3 Å². The van der Waals surface area contributed by atoms with Gasteiger partial charge in [-0.15, -0.1) is 0 Å². The molecule has 0 aliphatic heterocycles. The van der Waals surface area contributed by atoms with Crippen LogP contribution in [0.4, 0.5) is 4.39 Å². The average molecular weight is 196 g/mol. The summed E-state index contributed by atoms with van der Waals surface area (Å²) in [7, 11) is 1.33. The summed E-state index contributed by atoms with van der Waals surface area (Å²) in [5, 5.41) is 0. The Morgan fingerprint density at radius 3 is 2.71 bits per heavy atom. The molecule has 0 spiro atoms. The van der Waals surface area contributed by atoms with Gasteiger partial charge >= 0.3 is 5.97 Å². The van der Waals surface area contributed by atoms with Crippen molar-refractivity contribution >= 4 is 5.97 Å². The van der Waals surface area contributed by atoms with Crippen molar-refractivity contribution < 1.29 is 13.9 Å². The van der Waals surface area contributed by atoms with E-state index in [-0.39, 0.29) is 24.1 Å². The molecule has 1 atom stereocenters. The third-order valence-electron chi connectivity index (χ3n) is 2.14. The van der Waals surface area contributed by atoms with Crippen LogP contribution in [0, 0.1) is 5.82 Å². The molecule has 14 heavy (non-hydrogen) atoms. The number of ether oxygens (including phenoxy) is 1. The number of carbonyl (C=O) groups is 1. The second kappa shape index (κ2) is 4.74. The molecule has 0 aliphatic carbocycles. The first-order valence-electron chi connectivity index (χ1n) is 4.46. The van der Waals surface area contributed by atoms with E-state index in [0.29, 0.717) is 5.56 Å². The molecule has 3 heteroatoms. The van der Waals surface area contributed by atoms with Gasteiger partial charge in [0.1, 0.15) is 5.82 Å². The summed E-state index contributed by atoms with van der Waals surface area (Å²) in [6, 6.07) is 6.46. The monoisotopic (exact) mass is 196 g/mol. The van der Waals surface area contributed by atoms with E-state index in [1.807, 2.05) is 0 Å². The van der Waals surface area contributed by atoms with E-state index in [0.717, 1.165) is 0 Å². The Bertz CT molecular complexity index is 323. The Hall–Kier alpha value is -1.38. The fourth-order valence-corrected chi connectivity index (χ4v) is 1.32. The zero-order valence-corrected chi connectivity index (χ0v) is 8.29. The van der Waals surface area contributed by atoms with Crippen LogP contribution >= 0.6 is 0 Å². The second-order valence-electron chi connectivity index (χ2n) is 3.20. The highest BCUT2D eigenvalue weighted by Gasteiger charge is 2.14. The summed E-state index contributed by atoms with van der Waals surface area (Å²) in [6.45, 7) is 1.80. The summed E-state index contributed by atoms with van der Waals surface area (Å²) in [6.07, 6.45) is 0.206. The summed E-state index contributed by atoms with van der Waals surface area (Å²) < 4.78 is 17.8. The van der Waals surface area contributed by atoms with Crippen molar-refractivity contribution in [1.29, 1.82) is 0 Å². The normalized spacial score (nSPS) is 12.2. The highest BCUT2D eigenvalue weighted by Crippen LogP contribution is 2.21. The number of methoxy groups -OCH3 is 1. The van der Waals surface area contributed by atoms with E-state index < -0.39 is 0 Å². The quantitative estimate of drug-likeness (QED) is 0.694. The number of carbonyl (C=O) groups excluding carboxylic acids is 1. The lowest BCUT2D eigenvalue weighted by Gasteiger charge is -2.10. The van der Waals surface area contributed by atoms with Crippen LogP contribution < -0.4 is 0 Å². The third kappa shape index (κ3) is 2.55. The molecule has 0 aromatic heterocycles. The molecule has 0 bridgehead atoms. The van der Waals surface area contributed by atoms with E-state index >= 15 is 0 Å². The summed E-state index contributed by atoms with van der Waals surface area (Å²) >= 11 is 0. The zero-order valence-electron chi connectivity index (χ0n) is 8.29. The van der Waals surface area contributed by atoms with Gasteiger partial charge in [-0.05, 0) is 17.5 Å². The predicted molar refractivity (Wildman–Crippen MR) is 51.4 cm³/mol. The molecule has 1 aromatic carbocycles. The molecule has 0 radical (unpaired) electrons. The molecule has 0 saturated heterocycles. The van der Waals surface area contributed by atoms with Gasteiger partial charge in [0.15, 0.2) is 0 Å². The van der Waals surface area contributed by atoms with Gasteiger partial charge in [-0.1, -0.05) is 25.1 Å². The minimum Gasteiger partial charge on any atom is -0.469 e. The molecule has 0 amide bonds. The van der Waals surface area contributed by atoms with Gasteiger partial charge in [0.05, 0.1) is 13.5 Å². The van der Waals surface area contributed by atoms with Crippen molar-refractivity contribution in [2.24, 2.45) is 0 Å². The molecular formula is C11H13FO2. The Morgan fingerprint density at radius 1 is 1.50 bits per heavy atom. The minimum atomic E-state index is -0.319. The van der Waals surface area contributed by atoms with Crippen molar-refractivity contribution in [1.82, 2.24) is 0 Å². The first-order valence-corrected chi connectivity index (χ1v) is 4.46. The molecule has 0 fully saturated rings. The predicted octanol–water partition coefficient (Wildman–Crippen LogP) is 2.49. The summed E-state index contributed by atoms with van der Waals surface area (Å²) in [5.41, 5.74) is 0.554. The highest BCUT2D eigenvalue weighted by molar-refractivity contribution is 5.70. The smallest absolute Gasteiger partial charge is 0.306 e. The zero-order chi connectivity index (χ0) is 10.6. The Kier molecular flexibility index (Phi) is 3.63. The van der Waals surface area contributed by atoms with E-state index in [2.05, 4.69) is 4.74 Å². The van der Waals surface area contributed by atoms with Gasteiger partial charge in [-0.2, -0.15) is 0 Å². The molecule has 1 rings (SSSR count). The number of hydrogen-bond donors (Lipinski definition) is 0. The van der Waals surface area contributed by atoms with Crippen LogP contribution in [0.3, 0.4) is 0 Å². The Labute approximate surface area is 82.7 Å². The molecule has 2 nitrogen and oxygen atoms in total. The van der Waals surface area contributed by atoms with Crippen molar-refractivity contribution in [2.45, 2.75) is 19.3 Å². The summed E-state index contributed by atoms with van der Waals surface area (Å²) in [5.74, 6) is -0.742. The van der Waals surface area contributed by atoms with Crippen LogP contribution in [0.5, 0.6) is 0 Å². The van der Waals surface area contributed by atoms with Gasteiger partial charge in [0.2, 0.25) is 0 Å². The number of halogens is 1. The maximum absolute atomic E-state index is 13.2. The lowest BCUT2D eigenvalue weighted by Crippen LogP contribution is -2.07. The topological polar surface area (TPSA) is 26.3 Å². The van der Waals surface area contributed by atoms with Crippen LogP contribution in [-0.2, 0) is 9.53 Å². The van der Waals surface area contributed by atoms with Gasteiger partial charge < -0.3 is 4.74 Å². The molecule has 0 N–H and O–H groups in total. The van der Waals surface area contributed by atoms with Crippen molar-refractivity contribution in [2.75, 3.05) is 7.11 Å². The van der Waals surface area contributed by atoms with Crippen molar-refractivity contribution in [3.05, 3.63) is 35.6 Å². The molecule has 1 unspecified atom stereocenters. The maximum atomic E-state index is 13.2. The number of esters is 1. The average Bonchev–Trinajstić information content (AvgIpc) is 2.18.